The maximum absolute atomic E-state index is 10.2. The molecule has 1 N–H and O–H groups in total. The first-order chi connectivity index (χ1) is 9.38. The second-order valence-electron chi connectivity index (χ2n) is 4.97. The van der Waals surface area contributed by atoms with Gasteiger partial charge in [-0.3, -0.25) is 9.69 Å². The molecule has 19 heavy (non-hydrogen) atoms. The molecule has 0 atom stereocenters. The van der Waals surface area contributed by atoms with Crippen LogP contribution in [0.2, 0.25) is 0 Å². The lowest BCUT2D eigenvalue weighted by atomic mass is 9.97. The molecular weight excluding hydrogens is 240 g/mol. The molecule has 1 heterocycles. The monoisotopic (exact) mass is 262 g/mol. The standard InChI is InChI=1S/C15H22N2O2/c18-13-16-12-14-6-8-17(9-7-14)10-11-19-15-4-2-1-3-5-15/h1-5,13-14H,6-12H2,(H,16,18). The molecule has 0 aromatic heterocycles. The highest BCUT2D eigenvalue weighted by Gasteiger charge is 2.18. The Hall–Kier alpha value is -1.55. The molecule has 2 rings (SSSR count). The molecule has 0 bridgehead atoms. The minimum atomic E-state index is 0.636. The van der Waals surface area contributed by atoms with Crippen LogP contribution in [0.1, 0.15) is 12.8 Å². The van der Waals surface area contributed by atoms with Crippen molar-refractivity contribution in [1.82, 2.24) is 10.2 Å². The van der Waals surface area contributed by atoms with E-state index in [0.29, 0.717) is 5.92 Å². The molecule has 1 amide bonds. The van der Waals surface area contributed by atoms with Crippen LogP contribution in [0.25, 0.3) is 0 Å². The van der Waals surface area contributed by atoms with Gasteiger partial charge in [0.15, 0.2) is 0 Å². The molecule has 0 unspecified atom stereocenters. The number of hydrogen-bond acceptors (Lipinski definition) is 3. The first-order valence-electron chi connectivity index (χ1n) is 6.95. The number of piperidine rings is 1. The third kappa shape index (κ3) is 4.91. The lowest BCUT2D eigenvalue weighted by Gasteiger charge is -2.31. The van der Waals surface area contributed by atoms with E-state index in [9.17, 15) is 4.79 Å². The minimum absolute atomic E-state index is 0.636. The average Bonchev–Trinajstić information content (AvgIpc) is 2.47. The summed E-state index contributed by atoms with van der Waals surface area (Å²) in [5.74, 6) is 1.57. The summed E-state index contributed by atoms with van der Waals surface area (Å²) >= 11 is 0. The van der Waals surface area contributed by atoms with Crippen molar-refractivity contribution in [2.45, 2.75) is 12.8 Å². The fourth-order valence-electron chi connectivity index (χ4n) is 2.44. The summed E-state index contributed by atoms with van der Waals surface area (Å²) in [6.07, 6.45) is 3.11. The summed E-state index contributed by atoms with van der Waals surface area (Å²) in [5, 5.41) is 2.77. The van der Waals surface area contributed by atoms with Crippen molar-refractivity contribution in [3.05, 3.63) is 30.3 Å². The predicted octanol–water partition coefficient (Wildman–Crippen LogP) is 1.52. The number of nitrogens with zero attached hydrogens (tertiary/aromatic N) is 1. The maximum atomic E-state index is 10.2. The van der Waals surface area contributed by atoms with Gasteiger partial charge in [0.2, 0.25) is 6.41 Å². The Balaban J connectivity index is 1.59. The lowest BCUT2D eigenvalue weighted by Crippen LogP contribution is -2.39. The molecule has 0 saturated carbocycles. The van der Waals surface area contributed by atoms with E-state index in [1.807, 2.05) is 30.3 Å². The van der Waals surface area contributed by atoms with Crippen molar-refractivity contribution in [3.63, 3.8) is 0 Å². The van der Waals surface area contributed by atoms with Gasteiger partial charge in [-0.15, -0.1) is 0 Å². The summed E-state index contributed by atoms with van der Waals surface area (Å²) in [7, 11) is 0. The van der Waals surface area contributed by atoms with Crippen LogP contribution in [0.4, 0.5) is 0 Å². The first-order valence-corrected chi connectivity index (χ1v) is 6.95. The van der Waals surface area contributed by atoms with Crippen LogP contribution in [0.15, 0.2) is 30.3 Å². The van der Waals surface area contributed by atoms with Gasteiger partial charge < -0.3 is 10.1 Å². The predicted molar refractivity (Wildman–Crippen MR) is 75.2 cm³/mol. The Morgan fingerprint density at radius 1 is 1.26 bits per heavy atom. The van der Waals surface area contributed by atoms with E-state index in [-0.39, 0.29) is 0 Å². The van der Waals surface area contributed by atoms with Crippen LogP contribution >= 0.6 is 0 Å². The van der Waals surface area contributed by atoms with Gasteiger partial charge in [0, 0.05) is 13.1 Å². The number of ether oxygens (including phenoxy) is 1. The van der Waals surface area contributed by atoms with Crippen molar-refractivity contribution in [3.8, 4) is 5.75 Å². The molecule has 104 valence electrons. The first kappa shape index (κ1) is 13.9. The molecule has 1 aromatic carbocycles. The number of rotatable bonds is 7. The van der Waals surface area contributed by atoms with E-state index >= 15 is 0 Å². The second kappa shape index (κ2) is 7.79. The molecule has 1 aliphatic rings. The fourth-order valence-corrected chi connectivity index (χ4v) is 2.44. The van der Waals surface area contributed by atoms with E-state index < -0.39 is 0 Å². The summed E-state index contributed by atoms with van der Waals surface area (Å²) in [6.45, 7) is 4.73. The van der Waals surface area contributed by atoms with Crippen molar-refractivity contribution < 1.29 is 9.53 Å². The topological polar surface area (TPSA) is 41.6 Å². The van der Waals surface area contributed by atoms with Crippen LogP contribution in [-0.2, 0) is 4.79 Å². The third-order valence-electron chi connectivity index (χ3n) is 3.62. The van der Waals surface area contributed by atoms with Crippen molar-refractivity contribution in [2.75, 3.05) is 32.8 Å². The number of amides is 1. The molecule has 4 nitrogen and oxygen atoms in total. The van der Waals surface area contributed by atoms with Gasteiger partial charge in [0.05, 0.1) is 0 Å². The van der Waals surface area contributed by atoms with E-state index in [1.165, 1.54) is 0 Å². The Labute approximate surface area is 114 Å². The van der Waals surface area contributed by atoms with E-state index in [2.05, 4.69) is 10.2 Å². The van der Waals surface area contributed by atoms with Gasteiger partial charge in [0.25, 0.3) is 0 Å². The highest BCUT2D eigenvalue weighted by molar-refractivity contribution is 5.45. The molecular formula is C15H22N2O2. The largest absolute Gasteiger partial charge is 0.492 e. The Morgan fingerprint density at radius 3 is 2.68 bits per heavy atom. The van der Waals surface area contributed by atoms with Crippen molar-refractivity contribution in [2.24, 2.45) is 5.92 Å². The van der Waals surface area contributed by atoms with Gasteiger partial charge in [-0.2, -0.15) is 0 Å². The molecule has 1 aliphatic heterocycles. The molecule has 0 spiro atoms. The van der Waals surface area contributed by atoms with E-state index in [4.69, 9.17) is 4.74 Å². The molecule has 1 aromatic rings. The summed E-state index contributed by atoms with van der Waals surface area (Å²) in [5.41, 5.74) is 0. The van der Waals surface area contributed by atoms with E-state index in [0.717, 1.165) is 57.8 Å². The van der Waals surface area contributed by atoms with Crippen LogP contribution in [0, 0.1) is 5.92 Å². The number of nitrogens with one attached hydrogen (secondary N) is 1. The zero-order valence-corrected chi connectivity index (χ0v) is 11.3. The summed E-state index contributed by atoms with van der Waals surface area (Å²) in [6, 6.07) is 9.93. The maximum Gasteiger partial charge on any atom is 0.207 e. The Kier molecular flexibility index (Phi) is 5.69. The SMILES string of the molecule is O=CNCC1CCN(CCOc2ccccc2)CC1. The minimum Gasteiger partial charge on any atom is -0.492 e. The summed E-state index contributed by atoms with van der Waals surface area (Å²) in [4.78, 5) is 12.7. The molecule has 1 fully saturated rings. The third-order valence-corrected chi connectivity index (χ3v) is 3.62. The number of para-hydroxylation sites is 1. The second-order valence-corrected chi connectivity index (χ2v) is 4.97. The fraction of sp³-hybridized carbons (Fsp3) is 0.533. The Morgan fingerprint density at radius 2 is 2.00 bits per heavy atom. The van der Waals surface area contributed by atoms with Gasteiger partial charge in [-0.05, 0) is 44.0 Å². The number of hydrogen-bond donors (Lipinski definition) is 1. The molecule has 4 heteroatoms. The molecule has 0 radical (unpaired) electrons. The zero-order valence-electron chi connectivity index (χ0n) is 11.3. The van der Waals surface area contributed by atoms with Gasteiger partial charge in [-0.25, -0.2) is 0 Å². The van der Waals surface area contributed by atoms with Crippen LogP contribution in [-0.4, -0.2) is 44.1 Å². The highest BCUT2D eigenvalue weighted by Crippen LogP contribution is 2.16. The normalized spacial score (nSPS) is 17.1. The highest BCUT2D eigenvalue weighted by atomic mass is 16.5. The summed E-state index contributed by atoms with van der Waals surface area (Å²) < 4.78 is 5.70. The number of carbonyl (C=O) groups is 1. The Bertz CT molecular complexity index is 362. The molecule has 1 saturated heterocycles. The number of carbonyl (C=O) groups excluding carboxylic acids is 1. The average molecular weight is 262 g/mol. The van der Waals surface area contributed by atoms with Gasteiger partial charge in [0.1, 0.15) is 12.4 Å². The smallest absolute Gasteiger partial charge is 0.207 e. The van der Waals surface area contributed by atoms with Crippen molar-refractivity contribution in [1.29, 1.82) is 0 Å². The van der Waals surface area contributed by atoms with Crippen molar-refractivity contribution >= 4 is 6.41 Å². The van der Waals surface area contributed by atoms with E-state index in [1.54, 1.807) is 0 Å². The van der Waals surface area contributed by atoms with Crippen LogP contribution in [0.5, 0.6) is 5.75 Å². The van der Waals surface area contributed by atoms with Gasteiger partial charge in [-0.1, -0.05) is 18.2 Å². The number of likely N-dealkylation sites (tertiary alicyclic amines) is 1. The van der Waals surface area contributed by atoms with Crippen LogP contribution < -0.4 is 10.1 Å². The quantitative estimate of drug-likeness (QED) is 0.758. The van der Waals surface area contributed by atoms with Gasteiger partial charge >= 0.3 is 0 Å². The lowest BCUT2D eigenvalue weighted by molar-refractivity contribution is -0.109. The zero-order chi connectivity index (χ0) is 13.3. The number of benzene rings is 1. The molecule has 0 aliphatic carbocycles. The van der Waals surface area contributed by atoms with Crippen LogP contribution in [0.3, 0.4) is 0 Å².